The Labute approximate surface area is 111 Å². The summed E-state index contributed by atoms with van der Waals surface area (Å²) < 4.78 is 18.6. The molecule has 0 aliphatic heterocycles. The lowest BCUT2D eigenvalue weighted by atomic mass is 10.1. The molecule has 0 radical (unpaired) electrons. The number of furan rings is 1. The summed E-state index contributed by atoms with van der Waals surface area (Å²) in [4.78, 5) is 7.72. The Morgan fingerprint density at radius 3 is 2.44 bits per heavy atom. The molecule has 0 N–H and O–H groups in total. The van der Waals surface area contributed by atoms with Gasteiger partial charge >= 0.3 is 0 Å². The summed E-state index contributed by atoms with van der Waals surface area (Å²) in [6, 6.07) is 7.36. The second kappa shape index (κ2) is 4.23. The van der Waals surface area contributed by atoms with Crippen molar-refractivity contribution in [3.05, 3.63) is 46.7 Å². The zero-order valence-electron chi connectivity index (χ0n) is 8.82. The average molecular weight is 283 g/mol. The molecule has 2 aromatic heterocycles. The van der Waals surface area contributed by atoms with E-state index in [1.165, 1.54) is 6.26 Å². The van der Waals surface area contributed by atoms with Gasteiger partial charge in [-0.1, -0.05) is 41.4 Å². The zero-order valence-corrected chi connectivity index (χ0v) is 10.3. The van der Waals surface area contributed by atoms with E-state index in [1.807, 2.05) is 24.3 Å². The Morgan fingerprint density at radius 2 is 1.72 bits per heavy atom. The molecule has 0 aliphatic rings. The van der Waals surface area contributed by atoms with Crippen molar-refractivity contribution in [3.8, 4) is 11.4 Å². The average Bonchev–Trinajstić information content (AvgIpc) is 2.79. The van der Waals surface area contributed by atoms with Crippen molar-refractivity contribution in [2.75, 3.05) is 0 Å². The van der Waals surface area contributed by atoms with Crippen LogP contribution >= 0.6 is 23.2 Å². The smallest absolute Gasteiger partial charge is 0.197 e. The maximum absolute atomic E-state index is 13.3. The third-order valence-corrected chi connectivity index (χ3v) is 2.99. The SMILES string of the molecule is Fc1c(Cl)nc(-c2coc3ccccc23)nc1Cl. The minimum absolute atomic E-state index is 0.233. The number of halogens is 3. The predicted octanol–water partition coefficient (Wildman–Crippen LogP) is 4.34. The van der Waals surface area contributed by atoms with Crippen molar-refractivity contribution in [2.45, 2.75) is 0 Å². The van der Waals surface area contributed by atoms with Crippen LogP contribution in [0.1, 0.15) is 0 Å². The van der Waals surface area contributed by atoms with Gasteiger partial charge in [0.15, 0.2) is 21.9 Å². The Bertz CT molecular complexity index is 719. The van der Waals surface area contributed by atoms with Gasteiger partial charge in [-0.3, -0.25) is 0 Å². The lowest BCUT2D eigenvalue weighted by Gasteiger charge is -2.00. The van der Waals surface area contributed by atoms with E-state index in [0.717, 1.165) is 5.39 Å². The molecule has 90 valence electrons. The molecule has 3 rings (SSSR count). The van der Waals surface area contributed by atoms with Gasteiger partial charge in [0.05, 0.1) is 5.56 Å². The topological polar surface area (TPSA) is 38.9 Å². The van der Waals surface area contributed by atoms with Crippen molar-refractivity contribution in [1.29, 1.82) is 0 Å². The van der Waals surface area contributed by atoms with Gasteiger partial charge in [-0.15, -0.1) is 0 Å². The van der Waals surface area contributed by atoms with Crippen LogP contribution in [-0.2, 0) is 0 Å². The van der Waals surface area contributed by atoms with E-state index < -0.39 is 5.82 Å². The Morgan fingerprint density at radius 1 is 1.06 bits per heavy atom. The zero-order chi connectivity index (χ0) is 12.7. The number of hydrogen-bond donors (Lipinski definition) is 0. The second-order valence-electron chi connectivity index (χ2n) is 3.59. The predicted molar refractivity (Wildman–Crippen MR) is 67.2 cm³/mol. The highest BCUT2D eigenvalue weighted by molar-refractivity contribution is 6.33. The lowest BCUT2D eigenvalue weighted by Crippen LogP contribution is -1.93. The van der Waals surface area contributed by atoms with Crippen molar-refractivity contribution in [2.24, 2.45) is 0 Å². The van der Waals surface area contributed by atoms with Gasteiger partial charge in [-0.2, -0.15) is 0 Å². The molecular weight excluding hydrogens is 278 g/mol. The van der Waals surface area contributed by atoms with Gasteiger partial charge in [0.1, 0.15) is 11.8 Å². The lowest BCUT2D eigenvalue weighted by molar-refractivity contribution is 0.611. The standard InChI is InChI=1S/C12H5Cl2FN2O/c13-10-9(15)11(14)17-12(16-10)7-5-18-8-4-2-1-3-6(7)8/h1-5H. The highest BCUT2D eigenvalue weighted by atomic mass is 35.5. The first-order valence-corrected chi connectivity index (χ1v) is 5.77. The quantitative estimate of drug-likeness (QED) is 0.624. The van der Waals surface area contributed by atoms with Crippen LogP contribution in [0.3, 0.4) is 0 Å². The summed E-state index contributed by atoms with van der Waals surface area (Å²) in [7, 11) is 0. The molecule has 0 bridgehead atoms. The van der Waals surface area contributed by atoms with Gasteiger partial charge in [0, 0.05) is 5.39 Å². The minimum Gasteiger partial charge on any atom is -0.464 e. The molecule has 0 amide bonds. The Kier molecular flexibility index (Phi) is 2.69. The molecule has 0 saturated heterocycles. The Balaban J connectivity index is 2.26. The molecule has 2 heterocycles. The van der Waals surface area contributed by atoms with Crippen LogP contribution in [0.25, 0.3) is 22.4 Å². The van der Waals surface area contributed by atoms with Crippen LogP contribution in [0.2, 0.25) is 10.3 Å². The van der Waals surface area contributed by atoms with Crippen LogP contribution in [0.5, 0.6) is 0 Å². The number of rotatable bonds is 1. The normalized spacial score (nSPS) is 11.1. The molecule has 0 fully saturated rings. The molecular formula is C12H5Cl2FN2O. The largest absolute Gasteiger partial charge is 0.464 e. The van der Waals surface area contributed by atoms with Crippen LogP contribution in [0.4, 0.5) is 4.39 Å². The minimum atomic E-state index is -0.824. The first kappa shape index (κ1) is 11.4. The summed E-state index contributed by atoms with van der Waals surface area (Å²) in [6.45, 7) is 0. The number of benzene rings is 1. The second-order valence-corrected chi connectivity index (χ2v) is 4.30. The molecule has 3 aromatic rings. The van der Waals surface area contributed by atoms with Crippen molar-refractivity contribution >= 4 is 34.2 Å². The van der Waals surface area contributed by atoms with Crippen LogP contribution < -0.4 is 0 Å². The fraction of sp³-hybridized carbons (Fsp3) is 0. The van der Waals surface area contributed by atoms with Crippen molar-refractivity contribution < 1.29 is 8.81 Å². The van der Waals surface area contributed by atoms with E-state index in [0.29, 0.717) is 11.1 Å². The molecule has 0 spiro atoms. The number of fused-ring (bicyclic) bond motifs is 1. The van der Waals surface area contributed by atoms with E-state index in [9.17, 15) is 4.39 Å². The van der Waals surface area contributed by atoms with Crippen LogP contribution in [0.15, 0.2) is 34.9 Å². The van der Waals surface area contributed by atoms with E-state index in [4.69, 9.17) is 27.6 Å². The highest BCUT2D eigenvalue weighted by Crippen LogP contribution is 2.30. The Hall–Kier alpha value is -1.65. The first-order chi connectivity index (χ1) is 8.66. The summed E-state index contributed by atoms with van der Waals surface area (Å²) in [5.41, 5.74) is 1.31. The third kappa shape index (κ3) is 1.74. The third-order valence-electron chi connectivity index (χ3n) is 2.49. The van der Waals surface area contributed by atoms with Gasteiger partial charge in [0.25, 0.3) is 0 Å². The maximum Gasteiger partial charge on any atom is 0.197 e. The fourth-order valence-electron chi connectivity index (χ4n) is 1.67. The number of nitrogens with zero attached hydrogens (tertiary/aromatic N) is 2. The van der Waals surface area contributed by atoms with Gasteiger partial charge in [0.2, 0.25) is 0 Å². The molecule has 18 heavy (non-hydrogen) atoms. The van der Waals surface area contributed by atoms with Gasteiger partial charge in [-0.05, 0) is 6.07 Å². The van der Waals surface area contributed by atoms with Crippen molar-refractivity contribution in [3.63, 3.8) is 0 Å². The van der Waals surface area contributed by atoms with E-state index in [2.05, 4.69) is 9.97 Å². The molecule has 1 aromatic carbocycles. The van der Waals surface area contributed by atoms with Gasteiger partial charge < -0.3 is 4.42 Å². The molecule has 0 saturated carbocycles. The maximum atomic E-state index is 13.3. The summed E-state index contributed by atoms with van der Waals surface area (Å²) in [6.07, 6.45) is 1.49. The van der Waals surface area contributed by atoms with Gasteiger partial charge in [-0.25, -0.2) is 14.4 Å². The van der Waals surface area contributed by atoms with E-state index in [-0.39, 0.29) is 16.1 Å². The van der Waals surface area contributed by atoms with E-state index in [1.54, 1.807) is 0 Å². The highest BCUT2D eigenvalue weighted by Gasteiger charge is 2.15. The summed E-state index contributed by atoms with van der Waals surface area (Å²) in [5, 5.41) is 0.196. The van der Waals surface area contributed by atoms with Crippen LogP contribution in [-0.4, -0.2) is 9.97 Å². The number of aromatic nitrogens is 2. The van der Waals surface area contributed by atoms with Crippen molar-refractivity contribution in [1.82, 2.24) is 9.97 Å². The molecule has 0 unspecified atom stereocenters. The molecule has 0 atom stereocenters. The van der Waals surface area contributed by atoms with E-state index >= 15 is 0 Å². The first-order valence-electron chi connectivity index (χ1n) is 5.02. The number of para-hydroxylation sites is 1. The molecule has 6 heteroatoms. The number of hydrogen-bond acceptors (Lipinski definition) is 3. The van der Waals surface area contributed by atoms with Crippen LogP contribution in [0, 0.1) is 5.82 Å². The monoisotopic (exact) mass is 282 g/mol. The molecule has 3 nitrogen and oxygen atoms in total. The molecule has 0 aliphatic carbocycles. The summed E-state index contributed by atoms with van der Waals surface area (Å²) in [5.74, 6) is -0.591. The fourth-order valence-corrected chi connectivity index (χ4v) is 2.05. The summed E-state index contributed by atoms with van der Waals surface area (Å²) >= 11 is 11.3.